The van der Waals surface area contributed by atoms with E-state index in [9.17, 15) is 13.2 Å². The van der Waals surface area contributed by atoms with Crippen molar-refractivity contribution in [2.75, 3.05) is 18.0 Å². The van der Waals surface area contributed by atoms with Crippen LogP contribution in [0.3, 0.4) is 0 Å². The van der Waals surface area contributed by atoms with E-state index in [0.717, 1.165) is 39.9 Å². The van der Waals surface area contributed by atoms with Crippen molar-refractivity contribution in [2.45, 2.75) is 52.0 Å². The monoisotopic (exact) mass is 536 g/mol. The number of hydrogen-bond donors (Lipinski definition) is 0. The van der Waals surface area contributed by atoms with Crippen LogP contribution in [0.2, 0.25) is 0 Å². The largest absolute Gasteiger partial charge is 0.278 e. The number of sulfonamides is 1. The summed E-state index contributed by atoms with van der Waals surface area (Å²) in [5, 5.41) is 0.577. The summed E-state index contributed by atoms with van der Waals surface area (Å²) in [6.45, 7) is 9.06. The lowest BCUT2D eigenvalue weighted by Gasteiger charge is -2.21. The number of pyridine rings is 1. The van der Waals surface area contributed by atoms with Crippen molar-refractivity contribution in [1.82, 2.24) is 14.3 Å². The number of fused-ring (bicyclic) bond motifs is 1. The number of unbranched alkanes of at least 4 members (excludes halogenated alkanes) is 1. The maximum absolute atomic E-state index is 13.8. The average molecular weight is 537 g/mol. The van der Waals surface area contributed by atoms with Crippen LogP contribution in [0.15, 0.2) is 65.7 Å². The van der Waals surface area contributed by atoms with Gasteiger partial charge in [0.05, 0.1) is 27.4 Å². The van der Waals surface area contributed by atoms with Crippen LogP contribution >= 0.6 is 11.3 Å². The molecule has 4 aromatic rings. The van der Waals surface area contributed by atoms with E-state index in [-0.39, 0.29) is 17.3 Å². The summed E-state index contributed by atoms with van der Waals surface area (Å²) in [5.41, 5.74) is 4.20. The minimum absolute atomic E-state index is 0.185. The SMILES string of the molecule is CCCCN(CC)S(=O)(=O)c1ccc(C(=O)N(Cc2ccccn2)c2nc3cc(C)cc(C)c3s2)cc1. The van der Waals surface area contributed by atoms with E-state index in [2.05, 4.69) is 11.1 Å². The van der Waals surface area contributed by atoms with Crippen molar-refractivity contribution in [1.29, 1.82) is 0 Å². The van der Waals surface area contributed by atoms with Crippen LogP contribution in [-0.2, 0) is 16.6 Å². The first-order valence-electron chi connectivity index (χ1n) is 12.4. The molecule has 2 aromatic carbocycles. The van der Waals surface area contributed by atoms with E-state index in [0.29, 0.717) is 23.8 Å². The summed E-state index contributed by atoms with van der Waals surface area (Å²) in [5.74, 6) is -0.263. The van der Waals surface area contributed by atoms with Crippen LogP contribution < -0.4 is 4.90 Å². The van der Waals surface area contributed by atoms with Crippen LogP contribution in [0.5, 0.6) is 0 Å². The lowest BCUT2D eigenvalue weighted by molar-refractivity contribution is 0.0984. The average Bonchev–Trinajstić information content (AvgIpc) is 3.32. The zero-order valence-corrected chi connectivity index (χ0v) is 23.3. The number of benzene rings is 2. The number of nitrogens with zero attached hydrogens (tertiary/aromatic N) is 4. The quantitative estimate of drug-likeness (QED) is 0.249. The first-order valence-corrected chi connectivity index (χ1v) is 14.7. The minimum atomic E-state index is -3.62. The summed E-state index contributed by atoms with van der Waals surface area (Å²) < 4.78 is 28.8. The summed E-state index contributed by atoms with van der Waals surface area (Å²) in [6, 6.07) is 15.9. The molecule has 0 unspecified atom stereocenters. The van der Waals surface area contributed by atoms with Gasteiger partial charge in [0.25, 0.3) is 5.91 Å². The molecule has 0 saturated heterocycles. The van der Waals surface area contributed by atoms with Crippen molar-refractivity contribution in [3.63, 3.8) is 0 Å². The topological polar surface area (TPSA) is 83.5 Å². The molecule has 2 aromatic heterocycles. The molecule has 1 amide bonds. The zero-order valence-electron chi connectivity index (χ0n) is 21.6. The lowest BCUT2D eigenvalue weighted by atomic mass is 10.1. The number of thiazole rings is 1. The molecule has 0 bridgehead atoms. The van der Waals surface area contributed by atoms with E-state index < -0.39 is 10.0 Å². The summed E-state index contributed by atoms with van der Waals surface area (Å²) >= 11 is 1.47. The van der Waals surface area contributed by atoms with Gasteiger partial charge in [-0.25, -0.2) is 13.4 Å². The van der Waals surface area contributed by atoms with Crippen molar-refractivity contribution in [3.05, 3.63) is 83.2 Å². The zero-order chi connectivity index (χ0) is 26.6. The first kappa shape index (κ1) is 26.9. The maximum atomic E-state index is 13.8. The number of aromatic nitrogens is 2. The first-order chi connectivity index (χ1) is 17.7. The Labute approximate surface area is 222 Å². The molecule has 194 valence electrons. The van der Waals surface area contributed by atoms with Crippen LogP contribution in [-0.4, -0.2) is 41.7 Å². The highest BCUT2D eigenvalue weighted by Crippen LogP contribution is 2.33. The number of amides is 1. The number of carbonyl (C=O) groups excluding carboxylic acids is 1. The minimum Gasteiger partial charge on any atom is -0.278 e. The Morgan fingerprint density at radius 3 is 2.43 bits per heavy atom. The Kier molecular flexibility index (Phi) is 8.36. The third-order valence-electron chi connectivity index (χ3n) is 6.18. The molecule has 7 nitrogen and oxygen atoms in total. The fraction of sp³-hybridized carbons (Fsp3) is 0.321. The van der Waals surface area contributed by atoms with E-state index in [4.69, 9.17) is 4.98 Å². The van der Waals surface area contributed by atoms with Crippen LogP contribution in [0.25, 0.3) is 10.2 Å². The van der Waals surface area contributed by atoms with Gasteiger partial charge in [0, 0.05) is 24.8 Å². The fourth-order valence-electron chi connectivity index (χ4n) is 4.22. The number of anilines is 1. The number of hydrogen-bond acceptors (Lipinski definition) is 6. The van der Waals surface area contributed by atoms with Gasteiger partial charge in [-0.3, -0.25) is 14.7 Å². The second kappa shape index (κ2) is 11.5. The second-order valence-corrected chi connectivity index (χ2v) is 11.9. The Hall–Kier alpha value is -3.14. The summed E-state index contributed by atoms with van der Waals surface area (Å²) in [6.07, 6.45) is 3.41. The number of aryl methyl sites for hydroxylation is 2. The van der Waals surface area contributed by atoms with Crippen LogP contribution in [0.1, 0.15) is 53.9 Å². The summed E-state index contributed by atoms with van der Waals surface area (Å²) in [7, 11) is -3.62. The van der Waals surface area contributed by atoms with Gasteiger partial charge in [-0.05, 0) is 73.9 Å². The fourth-order valence-corrected chi connectivity index (χ4v) is 6.72. The molecular formula is C28H32N4O3S2. The molecular weight excluding hydrogens is 504 g/mol. The maximum Gasteiger partial charge on any atom is 0.260 e. The smallest absolute Gasteiger partial charge is 0.260 e. The van der Waals surface area contributed by atoms with Gasteiger partial charge < -0.3 is 0 Å². The Morgan fingerprint density at radius 1 is 1.03 bits per heavy atom. The predicted octanol–water partition coefficient (Wildman–Crippen LogP) is 5.97. The van der Waals surface area contributed by atoms with Crippen LogP contribution in [0.4, 0.5) is 5.13 Å². The van der Waals surface area contributed by atoms with Gasteiger partial charge in [0.1, 0.15) is 0 Å². The van der Waals surface area contributed by atoms with Crippen molar-refractivity contribution in [2.24, 2.45) is 0 Å². The molecule has 0 saturated carbocycles. The highest BCUT2D eigenvalue weighted by molar-refractivity contribution is 7.89. The van der Waals surface area contributed by atoms with E-state index in [1.54, 1.807) is 23.2 Å². The Morgan fingerprint density at radius 2 is 1.78 bits per heavy atom. The molecule has 0 N–H and O–H groups in total. The van der Waals surface area contributed by atoms with E-state index in [1.807, 2.05) is 52.0 Å². The molecule has 9 heteroatoms. The van der Waals surface area contributed by atoms with Crippen molar-refractivity contribution < 1.29 is 13.2 Å². The van der Waals surface area contributed by atoms with Gasteiger partial charge in [-0.1, -0.05) is 43.7 Å². The molecule has 0 spiro atoms. The standard InChI is InChI=1S/C28H32N4O3S2/c1-5-7-16-31(6-2)37(34,35)24-13-11-22(12-14-24)27(33)32(19-23-10-8-9-15-29-23)28-30-25-18-20(3)17-21(4)26(25)36-28/h8-15,17-18H,5-7,16,19H2,1-4H3. The third-order valence-corrected chi connectivity index (χ3v) is 9.40. The molecule has 0 aliphatic rings. The van der Waals surface area contributed by atoms with Gasteiger partial charge in [-0.2, -0.15) is 4.31 Å². The predicted molar refractivity (Wildman–Crippen MR) is 150 cm³/mol. The molecule has 0 fully saturated rings. The van der Waals surface area contributed by atoms with Crippen molar-refractivity contribution in [3.8, 4) is 0 Å². The molecule has 0 aliphatic carbocycles. The van der Waals surface area contributed by atoms with E-state index in [1.165, 1.54) is 27.8 Å². The van der Waals surface area contributed by atoms with Gasteiger partial charge in [0.15, 0.2) is 5.13 Å². The number of rotatable bonds is 10. The van der Waals surface area contributed by atoms with Crippen LogP contribution in [0, 0.1) is 13.8 Å². The molecule has 0 radical (unpaired) electrons. The van der Waals surface area contributed by atoms with Gasteiger partial charge >= 0.3 is 0 Å². The molecule has 0 aliphatic heterocycles. The highest BCUT2D eigenvalue weighted by atomic mass is 32.2. The molecule has 2 heterocycles. The summed E-state index contributed by atoms with van der Waals surface area (Å²) in [4.78, 5) is 24.8. The number of carbonyl (C=O) groups is 1. The van der Waals surface area contributed by atoms with Crippen molar-refractivity contribution >= 4 is 42.6 Å². The molecule has 4 rings (SSSR count). The third kappa shape index (κ3) is 5.89. The van der Waals surface area contributed by atoms with Gasteiger partial charge in [-0.15, -0.1) is 0 Å². The molecule has 0 atom stereocenters. The highest BCUT2D eigenvalue weighted by Gasteiger charge is 2.25. The van der Waals surface area contributed by atoms with Gasteiger partial charge in [0.2, 0.25) is 10.0 Å². The Balaban J connectivity index is 1.69. The Bertz CT molecular complexity index is 1480. The van der Waals surface area contributed by atoms with E-state index >= 15 is 0 Å². The lowest BCUT2D eigenvalue weighted by Crippen LogP contribution is -2.32. The normalized spacial score (nSPS) is 11.8. The molecule has 37 heavy (non-hydrogen) atoms. The second-order valence-electron chi connectivity index (χ2n) is 9.01.